The summed E-state index contributed by atoms with van der Waals surface area (Å²) in [6.45, 7) is 1.15. The lowest BCUT2D eigenvalue weighted by Gasteiger charge is -2.40. The Morgan fingerprint density at radius 2 is 1.84 bits per heavy atom. The number of piperidine rings is 1. The highest BCUT2D eigenvalue weighted by molar-refractivity contribution is 5.52. The van der Waals surface area contributed by atoms with Gasteiger partial charge in [-0.2, -0.15) is 5.26 Å². The van der Waals surface area contributed by atoms with E-state index >= 15 is 0 Å². The quantitative estimate of drug-likeness (QED) is 0.902. The number of hydrogen-bond acceptors (Lipinski definition) is 3. The Labute approximate surface area is 115 Å². The van der Waals surface area contributed by atoms with Crippen LogP contribution in [0.4, 0.5) is 5.69 Å². The zero-order valence-corrected chi connectivity index (χ0v) is 11.5. The maximum atomic E-state index is 8.88. The maximum absolute atomic E-state index is 8.88. The number of nitrogens with one attached hydrogen (secondary N) is 1. The Hall–Kier alpha value is -1.53. The molecule has 0 amide bonds. The van der Waals surface area contributed by atoms with E-state index in [4.69, 9.17) is 5.26 Å². The van der Waals surface area contributed by atoms with Crippen molar-refractivity contribution >= 4 is 5.69 Å². The molecule has 2 aliphatic rings. The molecule has 1 N–H and O–H groups in total. The van der Waals surface area contributed by atoms with Crippen molar-refractivity contribution in [2.75, 3.05) is 18.5 Å². The van der Waals surface area contributed by atoms with E-state index in [1.54, 1.807) is 0 Å². The molecule has 2 aliphatic heterocycles. The molecular weight excluding hydrogens is 234 g/mol. The normalized spacial score (nSPS) is 29.3. The first-order chi connectivity index (χ1) is 9.31. The van der Waals surface area contributed by atoms with Crippen LogP contribution in [0.25, 0.3) is 0 Å². The van der Waals surface area contributed by atoms with Crippen molar-refractivity contribution in [2.45, 2.75) is 37.8 Å². The van der Waals surface area contributed by atoms with Crippen LogP contribution < -0.4 is 10.2 Å². The summed E-state index contributed by atoms with van der Waals surface area (Å²) in [7, 11) is 2.05. The van der Waals surface area contributed by atoms with Crippen LogP contribution in [-0.4, -0.2) is 25.7 Å². The minimum atomic E-state index is 0.699. The third-order valence-electron chi connectivity index (χ3n) is 4.62. The van der Waals surface area contributed by atoms with Crippen LogP contribution in [0.5, 0.6) is 0 Å². The first-order valence-corrected chi connectivity index (χ1v) is 7.25. The predicted molar refractivity (Wildman–Crippen MR) is 77.1 cm³/mol. The van der Waals surface area contributed by atoms with Crippen molar-refractivity contribution in [1.29, 1.82) is 5.26 Å². The molecule has 19 heavy (non-hydrogen) atoms. The second kappa shape index (κ2) is 5.22. The SMILES string of the molecule is CNCC1CC2CCC(C1)N2c1ccc(C#N)cc1. The van der Waals surface area contributed by atoms with Crippen molar-refractivity contribution in [3.8, 4) is 6.07 Å². The van der Waals surface area contributed by atoms with Crippen LogP contribution in [0.1, 0.15) is 31.2 Å². The fourth-order valence-electron chi connectivity index (χ4n) is 3.87. The van der Waals surface area contributed by atoms with E-state index in [0.29, 0.717) is 12.1 Å². The molecule has 2 saturated heterocycles. The number of benzene rings is 1. The van der Waals surface area contributed by atoms with Gasteiger partial charge >= 0.3 is 0 Å². The van der Waals surface area contributed by atoms with Crippen molar-refractivity contribution < 1.29 is 0 Å². The number of hydrogen-bond donors (Lipinski definition) is 1. The summed E-state index contributed by atoms with van der Waals surface area (Å²) in [4.78, 5) is 2.60. The van der Waals surface area contributed by atoms with E-state index in [1.165, 1.54) is 31.4 Å². The van der Waals surface area contributed by atoms with Gasteiger partial charge in [-0.1, -0.05) is 0 Å². The van der Waals surface area contributed by atoms with Gasteiger partial charge in [0.05, 0.1) is 11.6 Å². The molecule has 0 aromatic heterocycles. The molecule has 0 saturated carbocycles. The molecule has 0 spiro atoms. The predicted octanol–water partition coefficient (Wildman–Crippen LogP) is 2.53. The van der Waals surface area contributed by atoms with Crippen LogP contribution in [0.2, 0.25) is 0 Å². The first-order valence-electron chi connectivity index (χ1n) is 7.25. The van der Waals surface area contributed by atoms with Gasteiger partial charge in [0, 0.05) is 17.8 Å². The molecule has 1 aromatic rings. The zero-order valence-electron chi connectivity index (χ0n) is 11.5. The summed E-state index contributed by atoms with van der Waals surface area (Å²) in [6, 6.07) is 11.7. The zero-order chi connectivity index (χ0) is 13.2. The second-order valence-electron chi connectivity index (χ2n) is 5.85. The van der Waals surface area contributed by atoms with Crippen molar-refractivity contribution in [1.82, 2.24) is 5.32 Å². The molecule has 1 aromatic carbocycles. The summed E-state index contributed by atoms with van der Waals surface area (Å²) in [5.41, 5.74) is 2.05. The minimum Gasteiger partial charge on any atom is -0.366 e. The molecule has 3 heteroatoms. The molecular formula is C16H21N3. The lowest BCUT2D eigenvalue weighted by Crippen LogP contribution is -2.44. The Kier molecular flexibility index (Phi) is 3.44. The number of rotatable bonds is 3. The van der Waals surface area contributed by atoms with E-state index in [-0.39, 0.29) is 0 Å². The molecule has 2 atom stereocenters. The standard InChI is InChI=1S/C16H21N3/c1-18-11-13-8-15-6-7-16(9-13)19(15)14-4-2-12(10-17)3-5-14/h2-5,13,15-16,18H,6-9,11H2,1H3. The highest BCUT2D eigenvalue weighted by atomic mass is 15.2. The third kappa shape index (κ3) is 2.33. The number of fused-ring (bicyclic) bond motifs is 2. The van der Waals surface area contributed by atoms with Gasteiger partial charge in [0.2, 0.25) is 0 Å². The molecule has 2 fully saturated rings. The Morgan fingerprint density at radius 3 is 2.37 bits per heavy atom. The number of anilines is 1. The van der Waals surface area contributed by atoms with Gasteiger partial charge in [-0.15, -0.1) is 0 Å². The van der Waals surface area contributed by atoms with Crippen LogP contribution >= 0.6 is 0 Å². The average molecular weight is 255 g/mol. The average Bonchev–Trinajstić information content (AvgIpc) is 2.71. The number of nitriles is 1. The largest absolute Gasteiger partial charge is 0.366 e. The van der Waals surface area contributed by atoms with Gasteiger partial charge in [0.15, 0.2) is 0 Å². The first kappa shape index (κ1) is 12.5. The smallest absolute Gasteiger partial charge is 0.0991 e. The summed E-state index contributed by atoms with van der Waals surface area (Å²) in [6.07, 6.45) is 5.25. The van der Waals surface area contributed by atoms with E-state index in [1.807, 2.05) is 12.1 Å². The molecule has 2 bridgehead atoms. The fraction of sp³-hybridized carbons (Fsp3) is 0.562. The topological polar surface area (TPSA) is 39.1 Å². The fourth-order valence-corrected chi connectivity index (χ4v) is 3.87. The van der Waals surface area contributed by atoms with Gasteiger partial charge in [0.1, 0.15) is 0 Å². The van der Waals surface area contributed by atoms with E-state index in [2.05, 4.69) is 35.5 Å². The molecule has 2 unspecified atom stereocenters. The van der Waals surface area contributed by atoms with E-state index in [9.17, 15) is 0 Å². The Bertz CT molecular complexity index is 460. The molecule has 3 nitrogen and oxygen atoms in total. The highest BCUT2D eigenvalue weighted by Gasteiger charge is 2.40. The summed E-state index contributed by atoms with van der Waals surface area (Å²) < 4.78 is 0. The van der Waals surface area contributed by atoms with Gasteiger partial charge in [-0.05, 0) is 69.5 Å². The maximum Gasteiger partial charge on any atom is 0.0991 e. The number of nitrogens with zero attached hydrogens (tertiary/aromatic N) is 2. The molecule has 0 radical (unpaired) electrons. The van der Waals surface area contributed by atoms with E-state index < -0.39 is 0 Å². The van der Waals surface area contributed by atoms with Crippen molar-refractivity contribution in [2.24, 2.45) is 5.92 Å². The third-order valence-corrected chi connectivity index (χ3v) is 4.62. The molecule has 3 rings (SSSR count). The highest BCUT2D eigenvalue weighted by Crippen LogP contribution is 2.41. The molecule has 0 aliphatic carbocycles. The van der Waals surface area contributed by atoms with Crippen molar-refractivity contribution in [3.05, 3.63) is 29.8 Å². The van der Waals surface area contributed by atoms with Gasteiger partial charge < -0.3 is 10.2 Å². The summed E-state index contributed by atoms with van der Waals surface area (Å²) in [5.74, 6) is 0.831. The Morgan fingerprint density at radius 1 is 1.21 bits per heavy atom. The lowest BCUT2D eigenvalue weighted by atomic mass is 9.90. The molecule has 2 heterocycles. The van der Waals surface area contributed by atoms with Gasteiger partial charge in [-0.3, -0.25) is 0 Å². The van der Waals surface area contributed by atoms with Gasteiger partial charge in [-0.25, -0.2) is 0 Å². The second-order valence-corrected chi connectivity index (χ2v) is 5.85. The lowest BCUT2D eigenvalue weighted by molar-refractivity contribution is 0.333. The van der Waals surface area contributed by atoms with Gasteiger partial charge in [0.25, 0.3) is 0 Å². The summed E-state index contributed by atoms with van der Waals surface area (Å²) in [5, 5.41) is 12.2. The van der Waals surface area contributed by atoms with Crippen LogP contribution in [0.15, 0.2) is 24.3 Å². The monoisotopic (exact) mass is 255 g/mol. The van der Waals surface area contributed by atoms with Crippen molar-refractivity contribution in [3.63, 3.8) is 0 Å². The van der Waals surface area contributed by atoms with Crippen LogP contribution in [-0.2, 0) is 0 Å². The van der Waals surface area contributed by atoms with E-state index in [0.717, 1.165) is 18.0 Å². The molecule has 100 valence electrons. The van der Waals surface area contributed by atoms with Crippen LogP contribution in [0, 0.1) is 17.2 Å². The summed E-state index contributed by atoms with van der Waals surface area (Å²) >= 11 is 0. The van der Waals surface area contributed by atoms with Crippen LogP contribution in [0.3, 0.4) is 0 Å². The minimum absolute atomic E-state index is 0.699. The Balaban J connectivity index is 1.77.